The Morgan fingerprint density at radius 3 is 2.81 bits per heavy atom. The molecule has 0 unspecified atom stereocenters. The molecule has 1 aromatic heterocycles. The highest BCUT2D eigenvalue weighted by Gasteiger charge is 2.14. The van der Waals surface area contributed by atoms with Gasteiger partial charge in [-0.3, -0.25) is 4.79 Å². The van der Waals surface area contributed by atoms with Gasteiger partial charge in [-0.15, -0.1) is 11.3 Å². The van der Waals surface area contributed by atoms with Crippen LogP contribution in [0.25, 0.3) is 0 Å². The first-order valence-electron chi connectivity index (χ1n) is 7.29. The minimum absolute atomic E-state index is 0.113. The van der Waals surface area contributed by atoms with Crippen molar-refractivity contribution in [2.24, 2.45) is 0 Å². The molecule has 0 aliphatic carbocycles. The van der Waals surface area contributed by atoms with Gasteiger partial charge in [-0.2, -0.15) is 0 Å². The van der Waals surface area contributed by atoms with Crippen LogP contribution in [-0.4, -0.2) is 17.4 Å². The second-order valence-electron chi connectivity index (χ2n) is 5.10. The van der Waals surface area contributed by atoms with Crippen LogP contribution in [-0.2, 0) is 12.8 Å². The van der Waals surface area contributed by atoms with Gasteiger partial charge in [0.2, 0.25) is 0 Å². The van der Waals surface area contributed by atoms with Crippen molar-refractivity contribution in [3.8, 4) is 5.75 Å². The van der Waals surface area contributed by atoms with Gasteiger partial charge in [0.05, 0.1) is 22.2 Å². The predicted octanol–water partition coefficient (Wildman–Crippen LogP) is 4.23. The van der Waals surface area contributed by atoms with Crippen molar-refractivity contribution in [3.63, 3.8) is 0 Å². The summed E-state index contributed by atoms with van der Waals surface area (Å²) >= 11 is 1.51. The van der Waals surface area contributed by atoms with Crippen LogP contribution in [0.4, 0.5) is 0 Å². The Bertz CT molecular complexity index is 619. The summed E-state index contributed by atoms with van der Waals surface area (Å²) in [6.07, 6.45) is 2.61. The van der Waals surface area contributed by atoms with E-state index in [1.807, 2.05) is 31.2 Å². The summed E-state index contributed by atoms with van der Waals surface area (Å²) in [5.41, 5.74) is 2.13. The molecule has 2 rings (SSSR count). The zero-order valence-corrected chi connectivity index (χ0v) is 13.6. The number of carbonyl (C=O) groups excluding carboxylic acids is 1. The van der Waals surface area contributed by atoms with E-state index in [4.69, 9.17) is 4.74 Å². The van der Waals surface area contributed by atoms with Gasteiger partial charge < -0.3 is 4.74 Å². The minimum atomic E-state index is 0.113. The molecule has 0 aliphatic rings. The van der Waals surface area contributed by atoms with Crippen molar-refractivity contribution in [1.29, 1.82) is 0 Å². The number of ketones is 1. The molecule has 1 heterocycles. The average molecular weight is 303 g/mol. The molecular weight excluding hydrogens is 282 g/mol. The van der Waals surface area contributed by atoms with Crippen molar-refractivity contribution in [1.82, 2.24) is 4.98 Å². The highest BCUT2D eigenvalue weighted by atomic mass is 32.1. The van der Waals surface area contributed by atoms with Crippen molar-refractivity contribution in [3.05, 3.63) is 45.4 Å². The largest absolute Gasteiger partial charge is 0.493 e. The van der Waals surface area contributed by atoms with E-state index < -0.39 is 0 Å². The highest BCUT2D eigenvalue weighted by Crippen LogP contribution is 2.21. The lowest BCUT2D eigenvalue weighted by Gasteiger charge is -2.05. The number of hydrogen-bond acceptors (Lipinski definition) is 4. The number of benzene rings is 1. The van der Waals surface area contributed by atoms with Gasteiger partial charge in [0, 0.05) is 13.3 Å². The van der Waals surface area contributed by atoms with Crippen molar-refractivity contribution < 1.29 is 9.53 Å². The van der Waals surface area contributed by atoms with Gasteiger partial charge >= 0.3 is 0 Å². The monoisotopic (exact) mass is 303 g/mol. The average Bonchev–Trinajstić information content (AvgIpc) is 2.83. The van der Waals surface area contributed by atoms with Crippen LogP contribution >= 0.6 is 11.3 Å². The molecule has 3 nitrogen and oxygen atoms in total. The van der Waals surface area contributed by atoms with E-state index in [1.165, 1.54) is 16.9 Å². The lowest BCUT2D eigenvalue weighted by Crippen LogP contribution is -2.01. The van der Waals surface area contributed by atoms with Gasteiger partial charge in [0.1, 0.15) is 5.75 Å². The maximum atomic E-state index is 11.6. The van der Waals surface area contributed by atoms with Crippen LogP contribution in [0.1, 0.15) is 46.2 Å². The predicted molar refractivity (Wildman–Crippen MR) is 86.5 cm³/mol. The van der Waals surface area contributed by atoms with E-state index in [0.717, 1.165) is 40.6 Å². The minimum Gasteiger partial charge on any atom is -0.493 e. The first kappa shape index (κ1) is 15.7. The summed E-state index contributed by atoms with van der Waals surface area (Å²) in [5.74, 6) is 0.994. The number of nitrogens with zero attached hydrogens (tertiary/aromatic N) is 1. The molecule has 112 valence electrons. The Kier molecular flexibility index (Phi) is 5.51. The maximum Gasteiger partial charge on any atom is 0.171 e. The summed E-state index contributed by atoms with van der Waals surface area (Å²) in [4.78, 5) is 17.0. The lowest BCUT2D eigenvalue weighted by molar-refractivity contribution is 0.102. The maximum absolute atomic E-state index is 11.6. The Balaban J connectivity index is 1.97. The summed E-state index contributed by atoms with van der Waals surface area (Å²) < 4.78 is 5.74. The molecule has 0 radical (unpaired) electrons. The number of thiazole rings is 1. The van der Waals surface area contributed by atoms with Gasteiger partial charge in [-0.05, 0) is 31.0 Å². The van der Waals surface area contributed by atoms with E-state index in [9.17, 15) is 4.79 Å². The molecule has 0 aliphatic heterocycles. The second-order valence-corrected chi connectivity index (χ2v) is 6.19. The van der Waals surface area contributed by atoms with E-state index in [2.05, 4.69) is 11.9 Å². The van der Waals surface area contributed by atoms with Crippen LogP contribution in [0, 0.1) is 6.92 Å². The fourth-order valence-corrected chi connectivity index (χ4v) is 3.14. The number of ether oxygens (including phenoxy) is 1. The molecule has 0 atom stereocenters. The van der Waals surface area contributed by atoms with Crippen LogP contribution in [0.5, 0.6) is 5.75 Å². The summed E-state index contributed by atoms with van der Waals surface area (Å²) in [6, 6.07) is 8.01. The molecule has 2 aromatic rings. The van der Waals surface area contributed by atoms with Crippen LogP contribution < -0.4 is 4.74 Å². The van der Waals surface area contributed by atoms with Crippen LogP contribution in [0.2, 0.25) is 0 Å². The van der Waals surface area contributed by atoms with Gasteiger partial charge in [0.25, 0.3) is 0 Å². The fraction of sp³-hybridized carbons (Fsp3) is 0.412. The third-order valence-corrected chi connectivity index (χ3v) is 4.38. The third kappa shape index (κ3) is 4.39. The smallest absolute Gasteiger partial charge is 0.171 e. The molecule has 4 heteroatoms. The van der Waals surface area contributed by atoms with E-state index in [1.54, 1.807) is 6.92 Å². The Labute approximate surface area is 130 Å². The Hall–Kier alpha value is -1.68. The lowest BCUT2D eigenvalue weighted by atomic mass is 10.2. The summed E-state index contributed by atoms with van der Waals surface area (Å²) in [6.45, 7) is 6.34. The number of carbonyl (C=O) groups is 1. The SMILES string of the molecule is CCCc1nc(CCOc2cccc(C)c2)sc1C(C)=O. The molecule has 21 heavy (non-hydrogen) atoms. The quantitative estimate of drug-likeness (QED) is 0.719. The topological polar surface area (TPSA) is 39.2 Å². The third-order valence-electron chi connectivity index (χ3n) is 3.12. The van der Waals surface area contributed by atoms with Gasteiger partial charge in [0.15, 0.2) is 5.78 Å². The van der Waals surface area contributed by atoms with Crippen molar-refractivity contribution >= 4 is 17.1 Å². The zero-order chi connectivity index (χ0) is 15.2. The summed E-state index contributed by atoms with van der Waals surface area (Å²) in [5, 5.41) is 0.983. The number of aromatic nitrogens is 1. The van der Waals surface area contributed by atoms with Gasteiger partial charge in [-0.25, -0.2) is 4.98 Å². The van der Waals surface area contributed by atoms with E-state index >= 15 is 0 Å². The number of rotatable bonds is 7. The molecule has 0 saturated heterocycles. The van der Waals surface area contributed by atoms with Crippen molar-refractivity contribution in [2.75, 3.05) is 6.61 Å². The van der Waals surface area contributed by atoms with Crippen LogP contribution in [0.3, 0.4) is 0 Å². The fourth-order valence-electron chi connectivity index (χ4n) is 2.15. The first-order chi connectivity index (χ1) is 10.1. The van der Waals surface area contributed by atoms with E-state index in [0.29, 0.717) is 6.61 Å². The number of hydrogen-bond donors (Lipinski definition) is 0. The number of aryl methyl sites for hydroxylation is 2. The molecule has 0 saturated carbocycles. The molecule has 0 amide bonds. The molecule has 0 fully saturated rings. The number of Topliss-reactive ketones (excluding diaryl/α,β-unsaturated/α-hetero) is 1. The van der Waals surface area contributed by atoms with E-state index in [-0.39, 0.29) is 5.78 Å². The zero-order valence-electron chi connectivity index (χ0n) is 12.8. The molecular formula is C17H21NO2S. The van der Waals surface area contributed by atoms with Gasteiger partial charge in [-0.1, -0.05) is 25.5 Å². The Morgan fingerprint density at radius 1 is 1.33 bits per heavy atom. The molecule has 0 N–H and O–H groups in total. The highest BCUT2D eigenvalue weighted by molar-refractivity contribution is 7.13. The second kappa shape index (κ2) is 7.36. The van der Waals surface area contributed by atoms with Crippen LogP contribution in [0.15, 0.2) is 24.3 Å². The first-order valence-corrected chi connectivity index (χ1v) is 8.10. The normalized spacial score (nSPS) is 10.6. The summed E-state index contributed by atoms with van der Waals surface area (Å²) in [7, 11) is 0. The molecule has 1 aromatic carbocycles. The standard InChI is InChI=1S/C17H21NO2S/c1-4-6-15-17(13(3)19)21-16(18-15)9-10-20-14-8-5-7-12(2)11-14/h5,7-8,11H,4,6,9-10H2,1-3H3. The molecule has 0 bridgehead atoms. The van der Waals surface area contributed by atoms with Crippen molar-refractivity contribution in [2.45, 2.75) is 40.0 Å². The Morgan fingerprint density at radius 2 is 2.14 bits per heavy atom. The molecule has 0 spiro atoms.